The molecule has 0 aliphatic carbocycles. The number of benzene rings is 1. The Kier molecular flexibility index (Phi) is 3.52. The summed E-state index contributed by atoms with van der Waals surface area (Å²) in [6.07, 6.45) is -3.84. The van der Waals surface area contributed by atoms with Crippen LogP contribution in [0.25, 0.3) is 0 Å². The number of hydrogen-bond donors (Lipinski definition) is 0. The van der Waals surface area contributed by atoms with Crippen molar-refractivity contribution in [2.45, 2.75) is 12.8 Å². The van der Waals surface area contributed by atoms with Crippen LogP contribution in [-0.4, -0.2) is 30.3 Å². The highest BCUT2D eigenvalue weighted by atomic mass is 79.9. The van der Waals surface area contributed by atoms with Crippen LogP contribution in [0, 0.1) is 0 Å². The molecule has 2 rings (SSSR count). The second-order valence-electron chi connectivity index (χ2n) is 3.87. The Bertz CT molecular complexity index is 472. The van der Waals surface area contributed by atoms with E-state index in [0.29, 0.717) is 17.6 Å². The normalized spacial score (nSPS) is 15.2. The van der Waals surface area contributed by atoms with Gasteiger partial charge in [-0.3, -0.25) is 4.79 Å². The van der Waals surface area contributed by atoms with Gasteiger partial charge in [0.05, 0.1) is 0 Å². The number of halogens is 4. The summed E-state index contributed by atoms with van der Waals surface area (Å²) in [4.78, 5) is 13.4. The molecular formula is C11H9BrF3NO2. The van der Waals surface area contributed by atoms with Crippen molar-refractivity contribution in [3.63, 3.8) is 0 Å². The minimum atomic E-state index is -4.77. The topological polar surface area (TPSA) is 29.5 Å². The average Bonchev–Trinajstić information content (AvgIpc) is 2.10. The molecule has 0 atom stereocenters. The first-order valence-corrected chi connectivity index (χ1v) is 6.00. The van der Waals surface area contributed by atoms with Crippen LogP contribution in [0.3, 0.4) is 0 Å². The molecule has 1 aromatic carbocycles. The van der Waals surface area contributed by atoms with Gasteiger partial charge < -0.3 is 9.64 Å². The zero-order valence-corrected chi connectivity index (χ0v) is 10.7. The van der Waals surface area contributed by atoms with Crippen molar-refractivity contribution >= 4 is 21.8 Å². The smallest absolute Gasteiger partial charge is 0.406 e. The third-order valence-electron chi connectivity index (χ3n) is 2.50. The van der Waals surface area contributed by atoms with Gasteiger partial charge in [0.25, 0.3) is 5.91 Å². The minimum absolute atomic E-state index is 0.184. The lowest BCUT2D eigenvalue weighted by Gasteiger charge is -2.31. The van der Waals surface area contributed by atoms with Gasteiger partial charge in [-0.1, -0.05) is 15.9 Å². The van der Waals surface area contributed by atoms with Crippen molar-refractivity contribution in [2.24, 2.45) is 0 Å². The average molecular weight is 324 g/mol. The number of carbonyl (C=O) groups is 1. The first-order valence-electron chi connectivity index (χ1n) is 5.21. The van der Waals surface area contributed by atoms with Gasteiger partial charge in [0.2, 0.25) is 0 Å². The summed E-state index contributed by atoms with van der Waals surface area (Å²) in [5.41, 5.74) is 0.184. The molecule has 0 aromatic heterocycles. The summed E-state index contributed by atoms with van der Waals surface area (Å²) in [6.45, 7) is 1.28. The summed E-state index contributed by atoms with van der Waals surface area (Å²) >= 11 is 3.06. The van der Waals surface area contributed by atoms with E-state index in [9.17, 15) is 18.0 Å². The van der Waals surface area contributed by atoms with E-state index in [1.807, 2.05) is 0 Å². The molecule has 0 unspecified atom stereocenters. The fourth-order valence-corrected chi connectivity index (χ4v) is 2.05. The monoisotopic (exact) mass is 323 g/mol. The molecule has 18 heavy (non-hydrogen) atoms. The minimum Gasteiger partial charge on any atom is -0.406 e. The summed E-state index contributed by atoms with van der Waals surface area (Å²) in [5.74, 6) is -0.685. The van der Waals surface area contributed by atoms with E-state index in [1.54, 1.807) is 4.90 Å². The molecule has 1 aliphatic heterocycles. The highest BCUT2D eigenvalue weighted by Gasteiger charge is 2.32. The fraction of sp³-hybridized carbons (Fsp3) is 0.364. The van der Waals surface area contributed by atoms with Gasteiger partial charge in [-0.25, -0.2) is 0 Å². The van der Waals surface area contributed by atoms with E-state index in [4.69, 9.17) is 0 Å². The maximum atomic E-state index is 12.1. The first-order chi connectivity index (χ1) is 8.35. The van der Waals surface area contributed by atoms with Crippen LogP contribution >= 0.6 is 15.9 Å². The number of rotatable bonds is 2. The van der Waals surface area contributed by atoms with E-state index in [2.05, 4.69) is 20.7 Å². The molecule has 1 aliphatic rings. The Balaban J connectivity index is 2.23. The molecule has 98 valence electrons. The number of likely N-dealkylation sites (tertiary alicyclic amines) is 1. The zero-order valence-electron chi connectivity index (χ0n) is 9.13. The molecule has 1 heterocycles. The first kappa shape index (κ1) is 13.2. The molecular weight excluding hydrogens is 315 g/mol. The summed E-state index contributed by atoms with van der Waals surface area (Å²) in [6, 6.07) is 3.74. The molecule has 1 amide bonds. The molecule has 1 saturated heterocycles. The largest absolute Gasteiger partial charge is 0.573 e. The van der Waals surface area contributed by atoms with E-state index >= 15 is 0 Å². The van der Waals surface area contributed by atoms with Gasteiger partial charge in [0.1, 0.15) is 5.75 Å². The fourth-order valence-electron chi connectivity index (χ4n) is 1.58. The van der Waals surface area contributed by atoms with Gasteiger partial charge in [0.15, 0.2) is 0 Å². The van der Waals surface area contributed by atoms with E-state index in [1.165, 1.54) is 12.1 Å². The molecule has 0 spiro atoms. The Hall–Kier alpha value is -1.24. The molecule has 3 nitrogen and oxygen atoms in total. The van der Waals surface area contributed by atoms with Gasteiger partial charge in [0, 0.05) is 23.1 Å². The van der Waals surface area contributed by atoms with Crippen LogP contribution in [0.2, 0.25) is 0 Å². The Labute approximate surface area is 110 Å². The Morgan fingerprint density at radius 3 is 2.44 bits per heavy atom. The second kappa shape index (κ2) is 4.79. The number of alkyl halides is 3. The molecule has 1 aromatic rings. The van der Waals surface area contributed by atoms with Crippen LogP contribution in [-0.2, 0) is 0 Å². The van der Waals surface area contributed by atoms with Gasteiger partial charge >= 0.3 is 6.36 Å². The zero-order chi connectivity index (χ0) is 13.3. The maximum absolute atomic E-state index is 12.1. The lowest BCUT2D eigenvalue weighted by atomic mass is 10.1. The molecule has 0 radical (unpaired) electrons. The van der Waals surface area contributed by atoms with Crippen LogP contribution in [0.4, 0.5) is 13.2 Å². The van der Waals surface area contributed by atoms with Crippen molar-refractivity contribution in [3.05, 3.63) is 28.2 Å². The SMILES string of the molecule is O=C(c1cc(Br)cc(OC(F)(F)F)c1)N1CCC1. The van der Waals surface area contributed by atoms with E-state index < -0.39 is 12.1 Å². The second-order valence-corrected chi connectivity index (χ2v) is 4.78. The van der Waals surface area contributed by atoms with Crippen LogP contribution in [0.5, 0.6) is 5.75 Å². The maximum Gasteiger partial charge on any atom is 0.573 e. The molecule has 0 N–H and O–H groups in total. The summed E-state index contributed by atoms with van der Waals surface area (Å²) in [7, 11) is 0. The quantitative estimate of drug-likeness (QED) is 0.836. The molecule has 1 fully saturated rings. The standard InChI is InChI=1S/C11H9BrF3NO2/c12-8-4-7(10(17)16-2-1-3-16)5-9(6-8)18-11(13,14)15/h4-6H,1-3H2. The van der Waals surface area contributed by atoms with Crippen molar-refractivity contribution < 1.29 is 22.7 Å². The highest BCUT2D eigenvalue weighted by molar-refractivity contribution is 9.10. The van der Waals surface area contributed by atoms with Crippen molar-refractivity contribution in [1.29, 1.82) is 0 Å². The van der Waals surface area contributed by atoms with Crippen LogP contribution in [0.15, 0.2) is 22.7 Å². The Morgan fingerprint density at radius 2 is 1.94 bits per heavy atom. The molecule has 0 saturated carbocycles. The van der Waals surface area contributed by atoms with Gasteiger partial charge in [-0.15, -0.1) is 13.2 Å². The number of nitrogens with zero attached hydrogens (tertiary/aromatic N) is 1. The summed E-state index contributed by atoms with van der Waals surface area (Å²) < 4.78 is 40.5. The van der Waals surface area contributed by atoms with Crippen LogP contribution < -0.4 is 4.74 Å². The van der Waals surface area contributed by atoms with Crippen molar-refractivity contribution in [1.82, 2.24) is 4.90 Å². The lowest BCUT2D eigenvalue weighted by molar-refractivity contribution is -0.274. The Morgan fingerprint density at radius 1 is 1.28 bits per heavy atom. The van der Waals surface area contributed by atoms with Crippen LogP contribution in [0.1, 0.15) is 16.8 Å². The number of amides is 1. The summed E-state index contributed by atoms with van der Waals surface area (Å²) in [5, 5.41) is 0. The van der Waals surface area contributed by atoms with E-state index in [0.717, 1.165) is 12.5 Å². The number of ether oxygens (including phenoxy) is 1. The molecule has 7 heteroatoms. The lowest BCUT2D eigenvalue weighted by Crippen LogP contribution is -2.42. The third kappa shape index (κ3) is 3.16. The molecule has 0 bridgehead atoms. The third-order valence-corrected chi connectivity index (χ3v) is 2.95. The predicted octanol–water partition coefficient (Wildman–Crippen LogP) is 3.19. The highest BCUT2D eigenvalue weighted by Crippen LogP contribution is 2.28. The van der Waals surface area contributed by atoms with E-state index in [-0.39, 0.29) is 11.5 Å². The van der Waals surface area contributed by atoms with Gasteiger partial charge in [-0.2, -0.15) is 0 Å². The van der Waals surface area contributed by atoms with Crippen molar-refractivity contribution in [2.75, 3.05) is 13.1 Å². The van der Waals surface area contributed by atoms with Crippen molar-refractivity contribution in [3.8, 4) is 5.75 Å². The number of hydrogen-bond acceptors (Lipinski definition) is 2. The predicted molar refractivity (Wildman–Crippen MR) is 61.3 cm³/mol. The number of carbonyl (C=O) groups excluding carboxylic acids is 1. The van der Waals surface area contributed by atoms with Gasteiger partial charge in [-0.05, 0) is 24.6 Å².